The van der Waals surface area contributed by atoms with Gasteiger partial charge in [-0.1, -0.05) is 18.2 Å². The first kappa shape index (κ1) is 7.79. The highest BCUT2D eigenvalue weighted by Crippen LogP contribution is 2.12. The fourth-order valence-corrected chi connectivity index (χ4v) is 1.22. The van der Waals surface area contributed by atoms with Gasteiger partial charge < -0.3 is 4.98 Å². The van der Waals surface area contributed by atoms with Gasteiger partial charge in [0.1, 0.15) is 0 Å². The summed E-state index contributed by atoms with van der Waals surface area (Å²) in [7, 11) is 0. The minimum atomic E-state index is 0. The Kier molecular flexibility index (Phi) is 1.94. The minimum absolute atomic E-state index is 0. The fraction of sp³-hybridized carbons (Fsp3) is 0.111. The van der Waals surface area contributed by atoms with E-state index in [9.17, 15) is 0 Å². The minimum Gasteiger partial charge on any atom is -0.359 e. The molecule has 0 fully saturated rings. The van der Waals surface area contributed by atoms with Gasteiger partial charge in [0.2, 0.25) is 0 Å². The van der Waals surface area contributed by atoms with Crippen molar-refractivity contribution in [2.45, 2.75) is 6.92 Å². The molecule has 0 bridgehead atoms. The highest BCUT2D eigenvalue weighted by atomic mass is 19.0. The first-order chi connectivity index (χ1) is 4.86. The number of H-pyrrole nitrogens is 1. The quantitative estimate of drug-likeness (QED) is 0.595. The molecule has 2 aromatic rings. The van der Waals surface area contributed by atoms with Crippen molar-refractivity contribution in [3.05, 3.63) is 36.0 Å². The summed E-state index contributed by atoms with van der Waals surface area (Å²) in [6.45, 7) is 2.07. The number of para-hydroxylation sites is 1. The summed E-state index contributed by atoms with van der Waals surface area (Å²) in [6.07, 6.45) is 0. The van der Waals surface area contributed by atoms with E-state index in [4.69, 9.17) is 0 Å². The van der Waals surface area contributed by atoms with Crippen molar-refractivity contribution in [3.63, 3.8) is 0 Å². The molecule has 1 nitrogen and oxygen atoms in total. The number of benzene rings is 1. The maximum absolute atomic E-state index is 3.26. The average Bonchev–Trinajstić information content (AvgIpc) is 2.27. The van der Waals surface area contributed by atoms with Crippen molar-refractivity contribution in [3.8, 4) is 0 Å². The highest BCUT2D eigenvalue weighted by molar-refractivity contribution is 5.79. The Labute approximate surface area is 64.4 Å². The zero-order valence-corrected chi connectivity index (χ0v) is 6.29. The lowest BCUT2D eigenvalue weighted by molar-refractivity contribution is 1.11. The number of rotatable bonds is 0. The number of hydrogen-bond acceptors (Lipinski definition) is 0. The summed E-state index contributed by atoms with van der Waals surface area (Å²) in [5.74, 6) is 0. The van der Waals surface area contributed by atoms with Crippen molar-refractivity contribution in [2.24, 2.45) is 0 Å². The van der Waals surface area contributed by atoms with Crippen LogP contribution in [0.4, 0.5) is 4.70 Å². The van der Waals surface area contributed by atoms with E-state index < -0.39 is 0 Å². The second-order valence-electron chi connectivity index (χ2n) is 2.54. The lowest BCUT2D eigenvalue weighted by Gasteiger charge is -1.83. The smallest absolute Gasteiger partial charge is 0.0455 e. The molecule has 1 N–H and O–H groups in total. The third kappa shape index (κ3) is 1.24. The van der Waals surface area contributed by atoms with Gasteiger partial charge in [-0.2, -0.15) is 0 Å². The van der Waals surface area contributed by atoms with E-state index in [1.54, 1.807) is 0 Å². The van der Waals surface area contributed by atoms with Gasteiger partial charge in [-0.05, 0) is 24.4 Å². The molecule has 0 unspecified atom stereocenters. The van der Waals surface area contributed by atoms with Crippen LogP contribution in [-0.2, 0) is 0 Å². The summed E-state index contributed by atoms with van der Waals surface area (Å²) in [5.41, 5.74) is 2.45. The molecule has 0 spiro atoms. The molecule has 11 heavy (non-hydrogen) atoms. The predicted octanol–water partition coefficient (Wildman–Crippen LogP) is 2.63. The number of halogens is 1. The zero-order valence-electron chi connectivity index (χ0n) is 6.29. The van der Waals surface area contributed by atoms with Gasteiger partial charge in [0, 0.05) is 11.2 Å². The Morgan fingerprint density at radius 2 is 1.91 bits per heavy atom. The second kappa shape index (κ2) is 2.74. The third-order valence-electron chi connectivity index (χ3n) is 1.66. The molecule has 0 radical (unpaired) electrons. The van der Waals surface area contributed by atoms with E-state index in [0.717, 1.165) is 0 Å². The zero-order chi connectivity index (χ0) is 6.97. The molecule has 0 aliphatic heterocycles. The van der Waals surface area contributed by atoms with Crippen LogP contribution < -0.4 is 0 Å². The molecule has 2 rings (SSSR count). The van der Waals surface area contributed by atoms with Crippen molar-refractivity contribution < 1.29 is 4.70 Å². The largest absolute Gasteiger partial charge is 0.359 e. The molecular weight excluding hydrogens is 141 g/mol. The van der Waals surface area contributed by atoms with Crippen LogP contribution in [0.3, 0.4) is 0 Å². The maximum atomic E-state index is 3.26. The third-order valence-corrected chi connectivity index (χ3v) is 1.66. The van der Waals surface area contributed by atoms with Crippen LogP contribution in [0.25, 0.3) is 10.9 Å². The Balaban J connectivity index is 0.000000605. The number of aromatic amines is 1. The maximum Gasteiger partial charge on any atom is 0.0455 e. The van der Waals surface area contributed by atoms with Gasteiger partial charge in [-0.3, -0.25) is 4.70 Å². The van der Waals surface area contributed by atoms with Crippen LogP contribution in [0.1, 0.15) is 5.69 Å². The Hall–Kier alpha value is -1.31. The first-order valence-electron chi connectivity index (χ1n) is 3.40. The molecule has 0 amide bonds. The lowest BCUT2D eigenvalue weighted by Crippen LogP contribution is -1.65. The molecule has 0 aliphatic rings. The Morgan fingerprint density at radius 1 is 1.18 bits per heavy atom. The van der Waals surface area contributed by atoms with E-state index in [-0.39, 0.29) is 4.70 Å². The Bertz CT molecular complexity index is 318. The molecule has 58 valence electrons. The Morgan fingerprint density at radius 3 is 2.64 bits per heavy atom. The van der Waals surface area contributed by atoms with Crippen molar-refractivity contribution in [2.75, 3.05) is 0 Å². The van der Waals surface area contributed by atoms with E-state index in [0.29, 0.717) is 0 Å². The van der Waals surface area contributed by atoms with Crippen LogP contribution in [0, 0.1) is 6.92 Å². The van der Waals surface area contributed by atoms with Crippen LogP contribution in [0.5, 0.6) is 0 Å². The van der Waals surface area contributed by atoms with E-state index in [2.05, 4.69) is 36.2 Å². The van der Waals surface area contributed by atoms with Gasteiger partial charge in [-0.15, -0.1) is 0 Å². The summed E-state index contributed by atoms with van der Waals surface area (Å²) >= 11 is 0. The highest BCUT2D eigenvalue weighted by Gasteiger charge is 1.92. The van der Waals surface area contributed by atoms with Gasteiger partial charge >= 0.3 is 0 Å². The summed E-state index contributed by atoms with van der Waals surface area (Å²) in [4.78, 5) is 3.26. The molecule has 0 aliphatic carbocycles. The van der Waals surface area contributed by atoms with Gasteiger partial charge in [0.05, 0.1) is 0 Å². The van der Waals surface area contributed by atoms with Crippen molar-refractivity contribution in [1.29, 1.82) is 0 Å². The monoisotopic (exact) mass is 151 g/mol. The standard InChI is InChI=1S/C9H9N.FH/c1-7-6-8-4-2-3-5-9(8)10-7;/h2-6,10H,1H3;1H. The summed E-state index contributed by atoms with van der Waals surface area (Å²) < 4.78 is 0. The second-order valence-corrected chi connectivity index (χ2v) is 2.54. The molecule has 1 aromatic carbocycles. The van der Waals surface area contributed by atoms with Crippen molar-refractivity contribution in [1.82, 2.24) is 4.98 Å². The normalized spacial score (nSPS) is 9.55. The number of nitrogens with one attached hydrogen (secondary N) is 1. The number of aryl methyl sites for hydroxylation is 1. The van der Waals surface area contributed by atoms with Crippen molar-refractivity contribution >= 4 is 10.9 Å². The number of aromatic nitrogens is 1. The molecule has 1 heterocycles. The number of hydrogen-bond donors (Lipinski definition) is 1. The van der Waals surface area contributed by atoms with Crippen LogP contribution in [-0.4, -0.2) is 4.98 Å². The van der Waals surface area contributed by atoms with Crippen LogP contribution >= 0.6 is 0 Å². The SMILES string of the molecule is Cc1cc2ccccc2[nH]1.F. The summed E-state index contributed by atoms with van der Waals surface area (Å²) in [6, 6.07) is 10.4. The van der Waals surface area contributed by atoms with Crippen LogP contribution in [0.2, 0.25) is 0 Å². The van der Waals surface area contributed by atoms with E-state index in [1.807, 2.05) is 6.07 Å². The molecule has 1 aromatic heterocycles. The summed E-state index contributed by atoms with van der Waals surface area (Å²) in [5, 5.41) is 1.29. The topological polar surface area (TPSA) is 15.8 Å². The number of fused-ring (bicyclic) bond motifs is 1. The van der Waals surface area contributed by atoms with Gasteiger partial charge in [-0.25, -0.2) is 0 Å². The molecular formula is C9H10FN. The lowest BCUT2D eigenvalue weighted by atomic mass is 10.2. The van der Waals surface area contributed by atoms with Gasteiger partial charge in [0.25, 0.3) is 0 Å². The first-order valence-corrected chi connectivity index (χ1v) is 3.40. The van der Waals surface area contributed by atoms with Crippen LogP contribution in [0.15, 0.2) is 30.3 Å². The molecule has 0 atom stereocenters. The fourth-order valence-electron chi connectivity index (χ4n) is 1.22. The van der Waals surface area contributed by atoms with E-state index >= 15 is 0 Å². The molecule has 0 saturated carbocycles. The van der Waals surface area contributed by atoms with E-state index in [1.165, 1.54) is 16.6 Å². The molecule has 2 heteroatoms. The van der Waals surface area contributed by atoms with Gasteiger partial charge in [0.15, 0.2) is 0 Å². The average molecular weight is 151 g/mol. The molecule has 0 saturated heterocycles. The predicted molar refractivity (Wildman–Crippen MR) is 45.5 cm³/mol.